The molecule has 1 heterocycles. The van der Waals surface area contributed by atoms with Gasteiger partial charge in [0.1, 0.15) is 0 Å². The molecule has 1 unspecified atom stereocenters. The second-order valence-electron chi connectivity index (χ2n) is 2.32. The molecule has 7 heteroatoms. The van der Waals surface area contributed by atoms with Gasteiger partial charge in [-0.1, -0.05) is 0 Å². The molecule has 1 saturated heterocycles. The first-order valence-electron chi connectivity index (χ1n) is 3.15. The van der Waals surface area contributed by atoms with Gasteiger partial charge in [0.15, 0.2) is 6.23 Å². The van der Waals surface area contributed by atoms with Crippen molar-refractivity contribution in [2.75, 3.05) is 13.6 Å². The minimum absolute atomic E-state index is 0.144. The summed E-state index contributed by atoms with van der Waals surface area (Å²) in [5.74, 6) is 0. The number of hydrogen-bond donors (Lipinski definition) is 1. The number of rotatable bonds is 1. The summed E-state index contributed by atoms with van der Waals surface area (Å²) < 4.78 is 38.5. The Labute approximate surface area is 66.3 Å². The first-order chi connectivity index (χ1) is 5.40. The summed E-state index contributed by atoms with van der Waals surface area (Å²) in [5.41, 5.74) is 0. The van der Waals surface area contributed by atoms with Gasteiger partial charge in [0.2, 0.25) is 0 Å². The fourth-order valence-corrected chi connectivity index (χ4v) is 0.842. The first kappa shape index (κ1) is 9.11. The van der Waals surface area contributed by atoms with Crippen molar-refractivity contribution in [3.05, 3.63) is 0 Å². The van der Waals surface area contributed by atoms with Crippen molar-refractivity contribution in [2.24, 2.45) is 0 Å². The second kappa shape index (κ2) is 2.81. The van der Waals surface area contributed by atoms with Gasteiger partial charge in [-0.15, -0.1) is 13.2 Å². The fraction of sp³-hybridized carbons (Fsp3) is 0.800. The van der Waals surface area contributed by atoms with Gasteiger partial charge in [-0.2, -0.15) is 0 Å². The zero-order valence-corrected chi connectivity index (χ0v) is 6.18. The van der Waals surface area contributed by atoms with Crippen molar-refractivity contribution < 1.29 is 22.7 Å². The van der Waals surface area contributed by atoms with Crippen molar-refractivity contribution in [3.8, 4) is 0 Å². The van der Waals surface area contributed by atoms with E-state index < -0.39 is 18.6 Å². The zero-order valence-electron chi connectivity index (χ0n) is 6.18. The van der Waals surface area contributed by atoms with Crippen LogP contribution in [-0.4, -0.2) is 37.1 Å². The predicted molar refractivity (Wildman–Crippen MR) is 32.1 cm³/mol. The molecular formula is C5H7F3N2O2. The highest BCUT2D eigenvalue weighted by Crippen LogP contribution is 2.21. The minimum Gasteiger partial charge on any atom is -0.333 e. The molecule has 12 heavy (non-hydrogen) atoms. The summed E-state index contributed by atoms with van der Waals surface area (Å²) in [6.45, 7) is -0.144. The molecule has 1 rings (SSSR count). The molecule has 1 aliphatic rings. The summed E-state index contributed by atoms with van der Waals surface area (Å²) in [6, 6.07) is -0.566. The normalized spacial score (nSPS) is 24.5. The van der Waals surface area contributed by atoms with Crippen LogP contribution in [0.2, 0.25) is 0 Å². The molecule has 4 nitrogen and oxygen atoms in total. The molecule has 1 fully saturated rings. The molecule has 0 aromatic rings. The second-order valence-corrected chi connectivity index (χ2v) is 2.32. The van der Waals surface area contributed by atoms with Gasteiger partial charge < -0.3 is 5.32 Å². The lowest BCUT2D eigenvalue weighted by Gasteiger charge is -2.19. The summed E-state index contributed by atoms with van der Waals surface area (Å²) >= 11 is 0. The summed E-state index contributed by atoms with van der Waals surface area (Å²) in [6.07, 6.45) is -5.96. The molecule has 2 amide bonds. The van der Waals surface area contributed by atoms with Crippen molar-refractivity contribution >= 4 is 6.03 Å². The monoisotopic (exact) mass is 184 g/mol. The Hall–Kier alpha value is -0.980. The zero-order chi connectivity index (χ0) is 9.35. The molecule has 0 saturated carbocycles. The van der Waals surface area contributed by atoms with Gasteiger partial charge in [0.25, 0.3) is 0 Å². The van der Waals surface area contributed by atoms with E-state index >= 15 is 0 Å². The Morgan fingerprint density at radius 1 is 1.67 bits per heavy atom. The smallest absolute Gasteiger partial charge is 0.333 e. The van der Waals surface area contributed by atoms with Crippen molar-refractivity contribution in [1.82, 2.24) is 10.2 Å². The standard InChI is InChI=1S/C5H7F3N2O2/c1-10-3(2-9-4(10)11)12-5(6,7)8/h3H,2H2,1H3,(H,9,11). The minimum atomic E-state index is -4.70. The van der Waals surface area contributed by atoms with Crippen LogP contribution in [0, 0.1) is 0 Å². The van der Waals surface area contributed by atoms with Crippen LogP contribution in [0.25, 0.3) is 0 Å². The number of carbonyl (C=O) groups excluding carboxylic acids is 1. The lowest BCUT2D eigenvalue weighted by molar-refractivity contribution is -0.351. The molecule has 0 aromatic carbocycles. The number of nitrogens with zero attached hydrogens (tertiary/aromatic N) is 1. The van der Waals surface area contributed by atoms with E-state index in [1.165, 1.54) is 7.05 Å². The van der Waals surface area contributed by atoms with Crippen LogP contribution < -0.4 is 5.32 Å². The van der Waals surface area contributed by atoms with Crippen LogP contribution in [0.3, 0.4) is 0 Å². The molecule has 0 aliphatic carbocycles. The topological polar surface area (TPSA) is 41.6 Å². The van der Waals surface area contributed by atoms with Crippen LogP contribution in [0.5, 0.6) is 0 Å². The Kier molecular flexibility index (Phi) is 2.14. The highest BCUT2D eigenvalue weighted by Gasteiger charge is 2.39. The van der Waals surface area contributed by atoms with Gasteiger partial charge in [0, 0.05) is 7.05 Å². The molecule has 0 radical (unpaired) electrons. The lowest BCUT2D eigenvalue weighted by atomic mass is 10.6. The molecular weight excluding hydrogens is 177 g/mol. The Morgan fingerprint density at radius 2 is 2.25 bits per heavy atom. The van der Waals surface area contributed by atoms with E-state index in [0.29, 0.717) is 0 Å². The summed E-state index contributed by atoms with van der Waals surface area (Å²) in [7, 11) is 1.23. The number of carbonyl (C=O) groups is 1. The van der Waals surface area contributed by atoms with E-state index in [1.807, 2.05) is 0 Å². The molecule has 0 bridgehead atoms. The van der Waals surface area contributed by atoms with Crippen LogP contribution >= 0.6 is 0 Å². The molecule has 1 atom stereocenters. The average molecular weight is 184 g/mol. The van der Waals surface area contributed by atoms with E-state index in [9.17, 15) is 18.0 Å². The van der Waals surface area contributed by atoms with Crippen molar-refractivity contribution in [2.45, 2.75) is 12.6 Å². The van der Waals surface area contributed by atoms with E-state index in [4.69, 9.17) is 0 Å². The number of urea groups is 1. The predicted octanol–water partition coefficient (Wildman–Crippen LogP) is 0.504. The Balaban J connectivity index is 2.50. The quantitative estimate of drug-likeness (QED) is 0.644. The lowest BCUT2D eigenvalue weighted by Crippen LogP contribution is -2.36. The largest absolute Gasteiger partial charge is 0.524 e. The number of hydrogen-bond acceptors (Lipinski definition) is 2. The van der Waals surface area contributed by atoms with Crippen LogP contribution in [0.1, 0.15) is 0 Å². The highest BCUT2D eigenvalue weighted by atomic mass is 19.4. The molecule has 1 N–H and O–H groups in total. The van der Waals surface area contributed by atoms with E-state index in [2.05, 4.69) is 10.1 Å². The maximum absolute atomic E-state index is 11.6. The van der Waals surface area contributed by atoms with Crippen LogP contribution in [0.4, 0.5) is 18.0 Å². The fourth-order valence-electron chi connectivity index (χ4n) is 0.842. The number of halogens is 3. The maximum atomic E-state index is 11.6. The third-order valence-corrected chi connectivity index (χ3v) is 1.45. The molecule has 0 spiro atoms. The maximum Gasteiger partial charge on any atom is 0.524 e. The number of nitrogens with one attached hydrogen (secondary N) is 1. The van der Waals surface area contributed by atoms with Gasteiger partial charge in [-0.3, -0.25) is 9.64 Å². The summed E-state index contributed by atoms with van der Waals surface area (Å²) in [4.78, 5) is 11.5. The van der Waals surface area contributed by atoms with Crippen molar-refractivity contribution in [1.29, 1.82) is 0 Å². The first-order valence-corrected chi connectivity index (χ1v) is 3.15. The Bertz CT molecular complexity index is 194. The van der Waals surface area contributed by atoms with Crippen molar-refractivity contribution in [3.63, 3.8) is 0 Å². The van der Waals surface area contributed by atoms with Gasteiger partial charge in [-0.25, -0.2) is 4.79 Å². The molecule has 0 aromatic heterocycles. The number of amides is 2. The Morgan fingerprint density at radius 3 is 2.58 bits per heavy atom. The number of likely N-dealkylation sites (N-methyl/N-ethyl adjacent to an activating group) is 1. The van der Waals surface area contributed by atoms with Gasteiger partial charge in [-0.05, 0) is 0 Å². The molecule has 1 aliphatic heterocycles. The molecule has 70 valence electrons. The highest BCUT2D eigenvalue weighted by molar-refractivity contribution is 5.76. The number of alkyl halides is 3. The third kappa shape index (κ3) is 2.00. The van der Waals surface area contributed by atoms with Crippen LogP contribution in [-0.2, 0) is 4.74 Å². The van der Waals surface area contributed by atoms with E-state index in [1.54, 1.807) is 0 Å². The third-order valence-electron chi connectivity index (χ3n) is 1.45. The summed E-state index contributed by atoms with van der Waals surface area (Å²) in [5, 5.41) is 2.20. The average Bonchev–Trinajstić information content (AvgIpc) is 2.16. The van der Waals surface area contributed by atoms with Gasteiger partial charge in [0.05, 0.1) is 6.54 Å². The van der Waals surface area contributed by atoms with E-state index in [0.717, 1.165) is 4.90 Å². The van der Waals surface area contributed by atoms with Crippen LogP contribution in [0.15, 0.2) is 0 Å². The van der Waals surface area contributed by atoms with E-state index in [-0.39, 0.29) is 6.54 Å². The SMILES string of the molecule is CN1C(=O)NCC1OC(F)(F)F. The number of ether oxygens (including phenoxy) is 1. The van der Waals surface area contributed by atoms with Gasteiger partial charge >= 0.3 is 12.4 Å².